The van der Waals surface area contributed by atoms with Gasteiger partial charge < -0.3 is 10.1 Å². The molecule has 0 spiro atoms. The first-order chi connectivity index (χ1) is 13.0. The largest absolute Gasteiger partial charge is 0.385 e. The number of hydrogen-bond donors (Lipinski definition) is 1. The molecule has 1 aromatic carbocycles. The zero-order valence-corrected chi connectivity index (χ0v) is 16.9. The maximum atomic E-state index is 12.7. The van der Waals surface area contributed by atoms with Crippen LogP contribution < -0.4 is 5.32 Å². The topological polar surface area (TPSA) is 75.7 Å². The zero-order valence-electron chi connectivity index (χ0n) is 15.3. The Labute approximate surface area is 164 Å². The Balaban J connectivity index is 1.74. The molecule has 2 heterocycles. The van der Waals surface area contributed by atoms with Crippen molar-refractivity contribution < 1.29 is 17.9 Å². The van der Waals surface area contributed by atoms with E-state index in [1.54, 1.807) is 29.6 Å². The van der Waals surface area contributed by atoms with Crippen LogP contribution in [-0.2, 0) is 14.8 Å². The molecule has 1 amide bonds. The van der Waals surface area contributed by atoms with Crippen LogP contribution in [0.4, 0.5) is 0 Å². The fourth-order valence-corrected chi connectivity index (χ4v) is 5.98. The number of amides is 1. The van der Waals surface area contributed by atoms with E-state index in [1.807, 2.05) is 18.2 Å². The third kappa shape index (κ3) is 4.76. The van der Waals surface area contributed by atoms with Crippen LogP contribution in [0.25, 0.3) is 10.4 Å². The van der Waals surface area contributed by atoms with Crippen molar-refractivity contribution in [2.45, 2.75) is 23.5 Å². The minimum atomic E-state index is -3.41. The molecule has 27 heavy (non-hydrogen) atoms. The Kier molecular flexibility index (Phi) is 6.64. The molecule has 2 aromatic rings. The fraction of sp³-hybridized carbons (Fsp3) is 0.421. The van der Waals surface area contributed by atoms with Gasteiger partial charge in [-0.15, -0.1) is 11.3 Å². The highest BCUT2D eigenvalue weighted by molar-refractivity contribution is 7.91. The molecule has 0 unspecified atom stereocenters. The first-order valence-electron chi connectivity index (χ1n) is 9.00. The molecule has 0 saturated carbocycles. The lowest BCUT2D eigenvalue weighted by Gasteiger charge is -2.13. The Hall–Kier alpha value is -1.74. The zero-order chi connectivity index (χ0) is 19.3. The number of benzene rings is 1. The highest BCUT2D eigenvalue weighted by Gasteiger charge is 2.28. The van der Waals surface area contributed by atoms with Crippen molar-refractivity contribution in [3.63, 3.8) is 0 Å². The van der Waals surface area contributed by atoms with E-state index < -0.39 is 10.0 Å². The molecule has 1 aliphatic heterocycles. The summed E-state index contributed by atoms with van der Waals surface area (Å²) in [5.41, 5.74) is 1.40. The Morgan fingerprint density at radius 1 is 1.22 bits per heavy atom. The van der Waals surface area contributed by atoms with Gasteiger partial charge in [0.05, 0.1) is 0 Å². The third-order valence-corrected chi connectivity index (χ3v) is 7.96. The second-order valence-electron chi connectivity index (χ2n) is 6.41. The van der Waals surface area contributed by atoms with Crippen LogP contribution in [0.15, 0.2) is 40.6 Å². The van der Waals surface area contributed by atoms with Gasteiger partial charge in [-0.05, 0) is 49.1 Å². The average molecular weight is 409 g/mol. The Morgan fingerprint density at radius 3 is 2.74 bits per heavy atom. The van der Waals surface area contributed by atoms with E-state index in [0.29, 0.717) is 36.0 Å². The molecule has 1 saturated heterocycles. The van der Waals surface area contributed by atoms with Crippen molar-refractivity contribution in [2.75, 3.05) is 33.4 Å². The number of nitrogens with zero attached hydrogens (tertiary/aromatic N) is 1. The van der Waals surface area contributed by atoms with Crippen molar-refractivity contribution in [3.8, 4) is 10.4 Å². The molecule has 0 atom stereocenters. The number of carbonyl (C=O) groups excluding carboxylic acids is 1. The molecule has 1 N–H and O–H groups in total. The molecule has 0 bridgehead atoms. The lowest BCUT2D eigenvalue weighted by Crippen LogP contribution is -2.27. The molecule has 1 aromatic heterocycles. The molecule has 3 rings (SSSR count). The lowest BCUT2D eigenvalue weighted by molar-refractivity contribution is 0.0948. The molecule has 0 radical (unpaired) electrons. The highest BCUT2D eigenvalue weighted by atomic mass is 32.2. The van der Waals surface area contributed by atoms with Gasteiger partial charge in [-0.1, -0.05) is 12.1 Å². The van der Waals surface area contributed by atoms with Gasteiger partial charge in [0.25, 0.3) is 15.9 Å². The normalized spacial score (nSPS) is 15.1. The Bertz CT molecular complexity index is 887. The summed E-state index contributed by atoms with van der Waals surface area (Å²) in [6.45, 7) is 2.33. The maximum absolute atomic E-state index is 12.7. The van der Waals surface area contributed by atoms with Gasteiger partial charge in [0.2, 0.25) is 0 Å². The van der Waals surface area contributed by atoms with E-state index in [9.17, 15) is 13.2 Å². The van der Waals surface area contributed by atoms with E-state index in [2.05, 4.69) is 5.32 Å². The van der Waals surface area contributed by atoms with Gasteiger partial charge in [-0.25, -0.2) is 8.42 Å². The van der Waals surface area contributed by atoms with Crippen LogP contribution >= 0.6 is 11.3 Å². The van der Waals surface area contributed by atoms with E-state index >= 15 is 0 Å². The van der Waals surface area contributed by atoms with E-state index in [1.165, 1.54) is 11.3 Å². The standard InChI is InChI=1S/C19H24N2O4S2/c1-25-13-5-10-20-19(22)16-7-4-6-15(14-16)17-8-9-18(26-17)27(23,24)21-11-2-3-12-21/h4,6-9,14H,2-3,5,10-13H2,1H3,(H,20,22). The molecular formula is C19H24N2O4S2. The first-order valence-corrected chi connectivity index (χ1v) is 11.3. The molecule has 1 aliphatic rings. The Morgan fingerprint density at radius 2 is 2.00 bits per heavy atom. The average Bonchev–Trinajstić information content (AvgIpc) is 3.38. The van der Waals surface area contributed by atoms with Crippen LogP contribution in [0.3, 0.4) is 0 Å². The summed E-state index contributed by atoms with van der Waals surface area (Å²) in [4.78, 5) is 13.1. The molecule has 146 valence electrons. The number of thiophene rings is 1. The minimum Gasteiger partial charge on any atom is -0.385 e. The van der Waals surface area contributed by atoms with Crippen LogP contribution in [0.2, 0.25) is 0 Å². The van der Waals surface area contributed by atoms with Crippen LogP contribution in [-0.4, -0.2) is 52.0 Å². The number of nitrogens with one attached hydrogen (secondary N) is 1. The minimum absolute atomic E-state index is 0.144. The first kappa shape index (κ1) is 20.0. The van der Waals surface area contributed by atoms with E-state index in [4.69, 9.17) is 4.74 Å². The molecular weight excluding hydrogens is 384 g/mol. The van der Waals surface area contributed by atoms with Crippen molar-refractivity contribution in [3.05, 3.63) is 42.0 Å². The third-order valence-electron chi connectivity index (χ3n) is 4.46. The number of sulfonamides is 1. The van der Waals surface area contributed by atoms with Gasteiger partial charge in [-0.2, -0.15) is 4.31 Å². The molecule has 0 aliphatic carbocycles. The van der Waals surface area contributed by atoms with Gasteiger partial charge in [-0.3, -0.25) is 4.79 Å². The second-order valence-corrected chi connectivity index (χ2v) is 9.66. The monoisotopic (exact) mass is 408 g/mol. The highest BCUT2D eigenvalue weighted by Crippen LogP contribution is 2.33. The number of carbonyl (C=O) groups is 1. The van der Waals surface area contributed by atoms with Gasteiger partial charge in [0.15, 0.2) is 0 Å². The van der Waals surface area contributed by atoms with Gasteiger partial charge in [0, 0.05) is 43.8 Å². The second kappa shape index (κ2) is 8.97. The van der Waals surface area contributed by atoms with Gasteiger partial charge in [0.1, 0.15) is 4.21 Å². The number of hydrogen-bond acceptors (Lipinski definition) is 5. The van der Waals surface area contributed by atoms with Crippen molar-refractivity contribution >= 4 is 27.3 Å². The number of ether oxygens (including phenoxy) is 1. The van der Waals surface area contributed by atoms with Crippen LogP contribution in [0.5, 0.6) is 0 Å². The van der Waals surface area contributed by atoms with E-state index in [0.717, 1.165) is 29.7 Å². The fourth-order valence-electron chi connectivity index (χ4n) is 3.00. The number of rotatable bonds is 8. The molecule has 8 heteroatoms. The smallest absolute Gasteiger partial charge is 0.252 e. The van der Waals surface area contributed by atoms with E-state index in [-0.39, 0.29) is 5.91 Å². The van der Waals surface area contributed by atoms with Crippen LogP contribution in [0, 0.1) is 0 Å². The molecule has 1 fully saturated rings. The number of methoxy groups -OCH3 is 1. The summed E-state index contributed by atoms with van der Waals surface area (Å²) in [5, 5.41) is 2.86. The summed E-state index contributed by atoms with van der Waals surface area (Å²) < 4.78 is 32.2. The lowest BCUT2D eigenvalue weighted by atomic mass is 10.1. The molecule has 6 nitrogen and oxygen atoms in total. The van der Waals surface area contributed by atoms with Crippen molar-refractivity contribution in [1.29, 1.82) is 0 Å². The SMILES string of the molecule is COCCCNC(=O)c1cccc(-c2ccc(S(=O)(=O)N3CCCC3)s2)c1. The summed E-state index contributed by atoms with van der Waals surface area (Å²) in [6, 6.07) is 10.7. The summed E-state index contributed by atoms with van der Waals surface area (Å²) in [6.07, 6.45) is 2.59. The summed E-state index contributed by atoms with van der Waals surface area (Å²) in [5.74, 6) is -0.144. The van der Waals surface area contributed by atoms with Crippen LogP contribution in [0.1, 0.15) is 29.6 Å². The maximum Gasteiger partial charge on any atom is 0.252 e. The summed E-state index contributed by atoms with van der Waals surface area (Å²) >= 11 is 1.25. The predicted octanol–water partition coefficient (Wildman–Crippen LogP) is 2.97. The summed E-state index contributed by atoms with van der Waals surface area (Å²) in [7, 11) is -1.78. The van der Waals surface area contributed by atoms with Crippen molar-refractivity contribution in [2.24, 2.45) is 0 Å². The quantitative estimate of drug-likeness (QED) is 0.682. The van der Waals surface area contributed by atoms with Crippen molar-refractivity contribution in [1.82, 2.24) is 9.62 Å². The van der Waals surface area contributed by atoms with Gasteiger partial charge >= 0.3 is 0 Å². The predicted molar refractivity (Wildman–Crippen MR) is 107 cm³/mol.